The third kappa shape index (κ3) is 4.43. The first-order valence-electron chi connectivity index (χ1n) is 6.96. The summed E-state index contributed by atoms with van der Waals surface area (Å²) >= 11 is 5.93. The van der Waals surface area contributed by atoms with Gasteiger partial charge in [-0.1, -0.05) is 36.9 Å². The van der Waals surface area contributed by atoms with Crippen molar-refractivity contribution < 1.29 is 4.79 Å². The minimum Gasteiger partial charge on any atom is -0.338 e. The van der Waals surface area contributed by atoms with E-state index < -0.39 is 0 Å². The number of aryl methyl sites for hydroxylation is 1. The number of amides is 2. The molecule has 1 aromatic rings. The molecule has 2 amide bonds. The van der Waals surface area contributed by atoms with E-state index in [4.69, 9.17) is 11.6 Å². The van der Waals surface area contributed by atoms with Crippen molar-refractivity contribution in [2.75, 3.05) is 11.9 Å². The third-order valence-corrected chi connectivity index (χ3v) is 3.96. The lowest BCUT2D eigenvalue weighted by molar-refractivity contribution is 0.247. The zero-order chi connectivity index (χ0) is 13.7. The Morgan fingerprint density at radius 2 is 2.05 bits per heavy atom. The van der Waals surface area contributed by atoms with Crippen molar-refractivity contribution in [1.82, 2.24) is 5.32 Å². The lowest BCUT2D eigenvalue weighted by Crippen LogP contribution is -2.33. The van der Waals surface area contributed by atoms with Gasteiger partial charge in [-0.15, -0.1) is 0 Å². The molecule has 0 heterocycles. The summed E-state index contributed by atoms with van der Waals surface area (Å²) in [6.07, 6.45) is 6.39. The van der Waals surface area contributed by atoms with Crippen molar-refractivity contribution in [1.29, 1.82) is 0 Å². The van der Waals surface area contributed by atoms with Crippen LogP contribution in [-0.2, 0) is 0 Å². The van der Waals surface area contributed by atoms with Crippen LogP contribution in [0.15, 0.2) is 18.2 Å². The number of urea groups is 1. The van der Waals surface area contributed by atoms with Crippen LogP contribution in [0.3, 0.4) is 0 Å². The molecule has 1 aliphatic carbocycles. The quantitative estimate of drug-likeness (QED) is 0.849. The molecule has 4 heteroatoms. The summed E-state index contributed by atoms with van der Waals surface area (Å²) < 4.78 is 0. The van der Waals surface area contributed by atoms with Crippen LogP contribution in [0.4, 0.5) is 10.5 Å². The Morgan fingerprint density at radius 1 is 1.32 bits per heavy atom. The Morgan fingerprint density at radius 3 is 2.79 bits per heavy atom. The lowest BCUT2D eigenvalue weighted by atomic mass is 9.89. The molecule has 0 unspecified atom stereocenters. The van der Waals surface area contributed by atoms with Gasteiger partial charge in [0.2, 0.25) is 0 Å². The van der Waals surface area contributed by atoms with Crippen LogP contribution in [0.2, 0.25) is 5.02 Å². The SMILES string of the molecule is Cc1ccc(Cl)cc1NC(=O)NCC1CCCCC1. The highest BCUT2D eigenvalue weighted by Crippen LogP contribution is 2.23. The molecule has 0 aromatic heterocycles. The van der Waals surface area contributed by atoms with Gasteiger partial charge in [0, 0.05) is 17.3 Å². The molecular formula is C15H21ClN2O. The standard InChI is InChI=1S/C15H21ClN2O/c1-11-7-8-13(16)9-14(11)18-15(19)17-10-12-5-3-2-4-6-12/h7-9,12H,2-6,10H2,1H3,(H2,17,18,19). The largest absolute Gasteiger partial charge is 0.338 e. The minimum absolute atomic E-state index is 0.143. The van der Waals surface area contributed by atoms with E-state index in [-0.39, 0.29) is 6.03 Å². The molecule has 1 fully saturated rings. The zero-order valence-electron chi connectivity index (χ0n) is 11.3. The Balaban J connectivity index is 1.81. The Bertz CT molecular complexity index is 442. The molecule has 1 saturated carbocycles. The van der Waals surface area contributed by atoms with E-state index in [1.54, 1.807) is 6.07 Å². The van der Waals surface area contributed by atoms with E-state index in [1.165, 1.54) is 32.1 Å². The molecule has 0 bridgehead atoms. The van der Waals surface area contributed by atoms with Crippen LogP contribution in [0.1, 0.15) is 37.7 Å². The third-order valence-electron chi connectivity index (χ3n) is 3.72. The second-order valence-electron chi connectivity index (χ2n) is 5.30. The molecule has 0 saturated heterocycles. The molecule has 0 aliphatic heterocycles. The van der Waals surface area contributed by atoms with Gasteiger partial charge in [0.15, 0.2) is 0 Å². The fourth-order valence-corrected chi connectivity index (χ4v) is 2.70. The Kier molecular flexibility index (Phi) is 5.08. The summed E-state index contributed by atoms with van der Waals surface area (Å²) in [7, 11) is 0. The van der Waals surface area contributed by atoms with E-state index >= 15 is 0 Å². The average Bonchev–Trinajstić information content (AvgIpc) is 2.42. The predicted molar refractivity (Wildman–Crippen MR) is 79.8 cm³/mol. The van der Waals surface area contributed by atoms with Gasteiger partial charge < -0.3 is 10.6 Å². The molecular weight excluding hydrogens is 260 g/mol. The van der Waals surface area contributed by atoms with E-state index in [0.29, 0.717) is 10.9 Å². The number of carbonyl (C=O) groups is 1. The summed E-state index contributed by atoms with van der Waals surface area (Å²) in [5, 5.41) is 6.44. The molecule has 0 atom stereocenters. The number of nitrogens with one attached hydrogen (secondary N) is 2. The van der Waals surface area contributed by atoms with Gasteiger partial charge in [0.25, 0.3) is 0 Å². The second-order valence-corrected chi connectivity index (χ2v) is 5.73. The molecule has 2 rings (SSSR count). The van der Waals surface area contributed by atoms with Crippen molar-refractivity contribution >= 4 is 23.3 Å². The number of halogens is 1. The lowest BCUT2D eigenvalue weighted by Gasteiger charge is -2.21. The number of rotatable bonds is 3. The highest BCUT2D eigenvalue weighted by Gasteiger charge is 2.14. The van der Waals surface area contributed by atoms with Crippen LogP contribution in [0.5, 0.6) is 0 Å². The first-order chi connectivity index (χ1) is 9.15. The van der Waals surface area contributed by atoms with Crippen LogP contribution < -0.4 is 10.6 Å². The van der Waals surface area contributed by atoms with Gasteiger partial charge in [-0.25, -0.2) is 4.79 Å². The Labute approximate surface area is 119 Å². The monoisotopic (exact) mass is 280 g/mol. The van der Waals surface area contributed by atoms with Gasteiger partial charge in [0.05, 0.1) is 0 Å². The number of benzene rings is 1. The van der Waals surface area contributed by atoms with Crippen molar-refractivity contribution in [2.24, 2.45) is 5.92 Å². The smallest absolute Gasteiger partial charge is 0.319 e. The van der Waals surface area contributed by atoms with Crippen LogP contribution >= 0.6 is 11.6 Å². The summed E-state index contributed by atoms with van der Waals surface area (Å²) in [6, 6.07) is 5.36. The van der Waals surface area contributed by atoms with Gasteiger partial charge in [-0.05, 0) is 43.4 Å². The molecule has 2 N–H and O–H groups in total. The van der Waals surface area contributed by atoms with Crippen molar-refractivity contribution in [2.45, 2.75) is 39.0 Å². The fraction of sp³-hybridized carbons (Fsp3) is 0.533. The maximum absolute atomic E-state index is 11.9. The van der Waals surface area contributed by atoms with E-state index in [1.807, 2.05) is 19.1 Å². The Hall–Kier alpha value is -1.22. The summed E-state index contributed by atoms with van der Waals surface area (Å²) in [6.45, 7) is 2.72. The van der Waals surface area contributed by atoms with Gasteiger partial charge in [0.1, 0.15) is 0 Å². The summed E-state index contributed by atoms with van der Waals surface area (Å²) in [5.74, 6) is 0.639. The first kappa shape index (κ1) is 14.2. The predicted octanol–water partition coefficient (Wildman–Crippen LogP) is 4.35. The topological polar surface area (TPSA) is 41.1 Å². The maximum Gasteiger partial charge on any atom is 0.319 e. The molecule has 19 heavy (non-hydrogen) atoms. The van der Waals surface area contributed by atoms with Crippen LogP contribution in [0.25, 0.3) is 0 Å². The average molecular weight is 281 g/mol. The highest BCUT2D eigenvalue weighted by atomic mass is 35.5. The van der Waals surface area contributed by atoms with Crippen LogP contribution in [0, 0.1) is 12.8 Å². The van der Waals surface area contributed by atoms with Gasteiger partial charge >= 0.3 is 6.03 Å². The zero-order valence-corrected chi connectivity index (χ0v) is 12.1. The van der Waals surface area contributed by atoms with Gasteiger partial charge in [-0.2, -0.15) is 0 Å². The number of anilines is 1. The highest BCUT2D eigenvalue weighted by molar-refractivity contribution is 6.31. The summed E-state index contributed by atoms with van der Waals surface area (Å²) in [4.78, 5) is 11.9. The minimum atomic E-state index is -0.143. The molecule has 3 nitrogen and oxygen atoms in total. The van der Waals surface area contributed by atoms with Crippen molar-refractivity contribution in [3.63, 3.8) is 0 Å². The first-order valence-corrected chi connectivity index (χ1v) is 7.34. The molecule has 104 valence electrons. The van der Waals surface area contributed by atoms with Crippen molar-refractivity contribution in [3.8, 4) is 0 Å². The molecule has 0 spiro atoms. The number of hydrogen-bond acceptors (Lipinski definition) is 1. The maximum atomic E-state index is 11.9. The van der Waals surface area contributed by atoms with Gasteiger partial charge in [-0.3, -0.25) is 0 Å². The number of carbonyl (C=O) groups excluding carboxylic acids is 1. The fourth-order valence-electron chi connectivity index (χ4n) is 2.52. The molecule has 0 radical (unpaired) electrons. The van der Waals surface area contributed by atoms with E-state index in [2.05, 4.69) is 10.6 Å². The normalized spacial score (nSPS) is 16.1. The number of hydrogen-bond donors (Lipinski definition) is 2. The second kappa shape index (κ2) is 6.80. The molecule has 1 aromatic carbocycles. The van der Waals surface area contributed by atoms with Crippen LogP contribution in [-0.4, -0.2) is 12.6 Å². The van der Waals surface area contributed by atoms with E-state index in [9.17, 15) is 4.79 Å². The summed E-state index contributed by atoms with van der Waals surface area (Å²) in [5.41, 5.74) is 1.78. The molecule has 1 aliphatic rings. The van der Waals surface area contributed by atoms with Crippen molar-refractivity contribution in [3.05, 3.63) is 28.8 Å². The van der Waals surface area contributed by atoms with E-state index in [0.717, 1.165) is 17.8 Å².